The van der Waals surface area contributed by atoms with Gasteiger partial charge in [0.1, 0.15) is 11.7 Å². The number of alkyl carbamates (subject to hydrolysis) is 1. The molecule has 3 rings (SSSR count). The molecule has 1 aliphatic rings. The standard InChI is InChI=1S/C27H36N2O5/c1-18(28-24(31)34-26(2,3)4)20-11-13-21(14-12-20)23(30)27(5)22(15-16-29(27)25(32)33)17-19-9-7-6-8-10-19/h6-14,18,22-23,30H,15-17H2,1-5H3,(H,28,31)(H,32,33)/t18-,22?,23?,27-/m0/s1. The summed E-state index contributed by atoms with van der Waals surface area (Å²) in [6.45, 7) is 9.51. The highest BCUT2D eigenvalue weighted by Crippen LogP contribution is 2.45. The number of nitrogens with one attached hydrogen (secondary N) is 1. The summed E-state index contributed by atoms with van der Waals surface area (Å²) in [7, 11) is 0. The first-order valence-corrected chi connectivity index (χ1v) is 11.7. The van der Waals surface area contributed by atoms with Crippen LogP contribution in [0, 0.1) is 5.92 Å². The summed E-state index contributed by atoms with van der Waals surface area (Å²) in [5, 5.41) is 24.1. The van der Waals surface area contributed by atoms with Crippen molar-refractivity contribution in [2.75, 3.05) is 6.54 Å². The van der Waals surface area contributed by atoms with Crippen LogP contribution in [0.3, 0.4) is 0 Å². The molecule has 0 saturated carbocycles. The number of aliphatic hydroxyl groups excluding tert-OH is 1. The Balaban J connectivity index is 1.79. The van der Waals surface area contributed by atoms with Crippen molar-refractivity contribution in [2.24, 2.45) is 5.92 Å². The number of hydrogen-bond donors (Lipinski definition) is 3. The Morgan fingerprint density at radius 1 is 1.12 bits per heavy atom. The number of carbonyl (C=O) groups excluding carboxylic acids is 1. The number of hydrogen-bond acceptors (Lipinski definition) is 4. The summed E-state index contributed by atoms with van der Waals surface area (Å²) in [6.07, 6.45) is -1.15. The number of benzene rings is 2. The first-order chi connectivity index (χ1) is 15.9. The van der Waals surface area contributed by atoms with E-state index in [1.54, 1.807) is 12.1 Å². The summed E-state index contributed by atoms with van der Waals surface area (Å²) in [5.41, 5.74) is 1.07. The molecular formula is C27H36N2O5. The van der Waals surface area contributed by atoms with Crippen molar-refractivity contribution in [3.8, 4) is 0 Å². The number of ether oxygens (including phenoxy) is 1. The first-order valence-electron chi connectivity index (χ1n) is 11.7. The molecule has 0 spiro atoms. The van der Waals surface area contributed by atoms with E-state index in [1.165, 1.54) is 4.90 Å². The lowest BCUT2D eigenvalue weighted by Crippen LogP contribution is -2.52. The van der Waals surface area contributed by atoms with E-state index >= 15 is 0 Å². The lowest BCUT2D eigenvalue weighted by molar-refractivity contribution is -0.0143. The second kappa shape index (κ2) is 10.1. The summed E-state index contributed by atoms with van der Waals surface area (Å²) >= 11 is 0. The van der Waals surface area contributed by atoms with Gasteiger partial charge in [-0.15, -0.1) is 0 Å². The average Bonchev–Trinajstić information content (AvgIpc) is 3.10. The van der Waals surface area contributed by atoms with Crippen LogP contribution in [0.25, 0.3) is 0 Å². The zero-order valence-corrected chi connectivity index (χ0v) is 20.6. The number of carbonyl (C=O) groups is 2. The van der Waals surface area contributed by atoms with Gasteiger partial charge in [-0.05, 0) is 70.1 Å². The van der Waals surface area contributed by atoms with Crippen molar-refractivity contribution < 1.29 is 24.5 Å². The van der Waals surface area contributed by atoms with E-state index in [-0.39, 0.29) is 12.0 Å². The minimum atomic E-state index is -1.02. The predicted molar refractivity (Wildman–Crippen MR) is 131 cm³/mol. The third-order valence-electron chi connectivity index (χ3n) is 6.70. The number of carboxylic acid groups (broad SMARTS) is 1. The topological polar surface area (TPSA) is 99.1 Å². The molecule has 34 heavy (non-hydrogen) atoms. The van der Waals surface area contributed by atoms with Gasteiger partial charge in [-0.25, -0.2) is 9.59 Å². The molecule has 0 aliphatic carbocycles. The van der Waals surface area contributed by atoms with Crippen molar-refractivity contribution in [3.63, 3.8) is 0 Å². The summed E-state index contributed by atoms with van der Waals surface area (Å²) in [5.74, 6) is -0.0339. The normalized spacial score (nSPS) is 22.2. The van der Waals surface area contributed by atoms with Gasteiger partial charge in [-0.1, -0.05) is 54.6 Å². The van der Waals surface area contributed by atoms with Crippen LogP contribution in [0.15, 0.2) is 54.6 Å². The van der Waals surface area contributed by atoms with Gasteiger partial charge in [0, 0.05) is 6.54 Å². The highest BCUT2D eigenvalue weighted by Gasteiger charge is 2.52. The molecule has 4 atom stereocenters. The summed E-state index contributed by atoms with van der Waals surface area (Å²) in [6, 6.07) is 17.0. The molecule has 2 aromatic carbocycles. The van der Waals surface area contributed by atoms with E-state index in [1.807, 2.05) is 77.1 Å². The molecule has 184 valence electrons. The largest absolute Gasteiger partial charge is 0.465 e. The zero-order valence-electron chi connectivity index (χ0n) is 20.6. The van der Waals surface area contributed by atoms with Crippen molar-refractivity contribution >= 4 is 12.2 Å². The molecule has 2 amide bonds. The number of nitrogens with zero attached hydrogens (tertiary/aromatic N) is 1. The Morgan fingerprint density at radius 2 is 1.71 bits per heavy atom. The molecule has 1 heterocycles. The quantitative estimate of drug-likeness (QED) is 0.534. The molecule has 1 saturated heterocycles. The molecule has 1 aliphatic heterocycles. The zero-order chi connectivity index (χ0) is 25.1. The second-order valence-electron chi connectivity index (χ2n) is 10.3. The van der Waals surface area contributed by atoms with Gasteiger partial charge in [-0.2, -0.15) is 0 Å². The van der Waals surface area contributed by atoms with Gasteiger partial charge < -0.3 is 20.3 Å². The van der Waals surface area contributed by atoms with Crippen LogP contribution in [0.5, 0.6) is 0 Å². The van der Waals surface area contributed by atoms with Crippen LogP contribution >= 0.6 is 0 Å². The van der Waals surface area contributed by atoms with Crippen molar-refractivity contribution in [2.45, 2.75) is 70.7 Å². The average molecular weight is 469 g/mol. The Kier molecular flexibility index (Phi) is 7.56. The minimum absolute atomic E-state index is 0.0339. The monoisotopic (exact) mass is 468 g/mol. The Hall–Kier alpha value is -3.06. The van der Waals surface area contributed by atoms with Gasteiger partial charge in [0.05, 0.1) is 11.6 Å². The van der Waals surface area contributed by atoms with Gasteiger partial charge in [0.2, 0.25) is 0 Å². The van der Waals surface area contributed by atoms with Gasteiger partial charge in [-0.3, -0.25) is 4.90 Å². The number of aliphatic hydroxyl groups is 1. The molecule has 7 nitrogen and oxygen atoms in total. The smallest absolute Gasteiger partial charge is 0.408 e. The van der Waals surface area contributed by atoms with Gasteiger partial charge >= 0.3 is 12.2 Å². The molecule has 0 radical (unpaired) electrons. The number of rotatable bonds is 6. The molecule has 2 aromatic rings. The Bertz CT molecular complexity index is 986. The number of amides is 2. The van der Waals surface area contributed by atoms with Crippen LogP contribution < -0.4 is 5.32 Å². The molecular weight excluding hydrogens is 432 g/mol. The van der Waals surface area contributed by atoms with E-state index in [9.17, 15) is 19.8 Å². The van der Waals surface area contributed by atoms with Gasteiger partial charge in [0.15, 0.2) is 0 Å². The van der Waals surface area contributed by atoms with Crippen LogP contribution in [0.1, 0.15) is 69.9 Å². The Morgan fingerprint density at radius 3 is 2.26 bits per heavy atom. The van der Waals surface area contributed by atoms with Crippen molar-refractivity contribution in [3.05, 3.63) is 71.3 Å². The van der Waals surface area contributed by atoms with E-state index in [2.05, 4.69) is 5.32 Å². The maximum atomic E-state index is 12.1. The van der Waals surface area contributed by atoms with E-state index in [4.69, 9.17) is 4.74 Å². The van der Waals surface area contributed by atoms with E-state index in [0.717, 1.165) is 11.1 Å². The molecule has 2 unspecified atom stereocenters. The number of likely N-dealkylation sites (tertiary alicyclic amines) is 1. The molecule has 7 heteroatoms. The maximum absolute atomic E-state index is 12.1. The van der Waals surface area contributed by atoms with Crippen LogP contribution in [-0.2, 0) is 11.2 Å². The summed E-state index contributed by atoms with van der Waals surface area (Å²) in [4.78, 5) is 25.5. The van der Waals surface area contributed by atoms with Crippen molar-refractivity contribution in [1.82, 2.24) is 10.2 Å². The SMILES string of the molecule is C[C@H](NC(=O)OC(C)(C)C)c1ccc(C(O)[C@]2(C)C(Cc3ccccc3)CCN2C(=O)O)cc1. The summed E-state index contributed by atoms with van der Waals surface area (Å²) < 4.78 is 5.32. The third kappa shape index (κ3) is 5.70. The van der Waals surface area contributed by atoms with Crippen LogP contribution in [0.4, 0.5) is 9.59 Å². The fourth-order valence-corrected chi connectivity index (χ4v) is 4.79. The predicted octanol–water partition coefficient (Wildman–Crippen LogP) is 5.31. The van der Waals surface area contributed by atoms with Crippen LogP contribution in [0.2, 0.25) is 0 Å². The van der Waals surface area contributed by atoms with Gasteiger partial charge in [0.25, 0.3) is 0 Å². The maximum Gasteiger partial charge on any atom is 0.408 e. The molecule has 3 N–H and O–H groups in total. The fraction of sp³-hybridized carbons (Fsp3) is 0.481. The molecule has 1 fully saturated rings. The Labute approximate surface area is 201 Å². The lowest BCUT2D eigenvalue weighted by atomic mass is 9.76. The molecule has 0 aromatic heterocycles. The highest BCUT2D eigenvalue weighted by molar-refractivity contribution is 5.68. The second-order valence-corrected chi connectivity index (χ2v) is 10.3. The van der Waals surface area contributed by atoms with Crippen LogP contribution in [-0.4, -0.2) is 45.0 Å². The fourth-order valence-electron chi connectivity index (χ4n) is 4.79. The highest BCUT2D eigenvalue weighted by atomic mass is 16.6. The van der Waals surface area contributed by atoms with E-state index < -0.39 is 29.4 Å². The van der Waals surface area contributed by atoms with Crippen molar-refractivity contribution in [1.29, 1.82) is 0 Å². The van der Waals surface area contributed by atoms with E-state index in [0.29, 0.717) is 24.9 Å². The third-order valence-corrected chi connectivity index (χ3v) is 6.70. The minimum Gasteiger partial charge on any atom is -0.465 e. The molecule has 0 bridgehead atoms. The lowest BCUT2D eigenvalue weighted by Gasteiger charge is -2.42. The first kappa shape index (κ1) is 25.6.